The number of nitriles is 1. The molecule has 5 heteroatoms. The molecule has 0 amide bonds. The molecule has 1 heterocycles. The molecule has 0 aliphatic rings. The Morgan fingerprint density at radius 2 is 2.47 bits per heavy atom. The predicted octanol–water partition coefficient (Wildman–Crippen LogP) is 1.46. The Balaban J connectivity index is 2.48. The fourth-order valence-electron chi connectivity index (χ4n) is 1.55. The molecule has 17 heavy (non-hydrogen) atoms. The van der Waals surface area contributed by atoms with E-state index in [2.05, 4.69) is 11.1 Å². The topological polar surface area (TPSA) is 69.1 Å². The maximum absolute atomic E-state index is 11.2. The smallest absolute Gasteiger partial charge is 0.307 e. The largest absolute Gasteiger partial charge is 0.466 e. The third kappa shape index (κ3) is 3.93. The van der Waals surface area contributed by atoms with Crippen LogP contribution in [0, 0.1) is 11.3 Å². The minimum absolute atomic E-state index is 0.234. The number of carbonyl (C=O) groups is 1. The summed E-state index contributed by atoms with van der Waals surface area (Å²) < 4.78 is 4.84. The van der Waals surface area contributed by atoms with Gasteiger partial charge >= 0.3 is 5.97 Å². The first-order valence-corrected chi connectivity index (χ1v) is 5.57. The summed E-state index contributed by atoms with van der Waals surface area (Å²) in [5.41, 5.74) is 0.832. The van der Waals surface area contributed by atoms with Crippen LogP contribution in [-0.4, -0.2) is 36.1 Å². The zero-order valence-corrected chi connectivity index (χ0v) is 10.1. The van der Waals surface area contributed by atoms with Crippen LogP contribution in [0.15, 0.2) is 18.3 Å². The van der Waals surface area contributed by atoms with Crippen LogP contribution in [0.25, 0.3) is 0 Å². The highest BCUT2D eigenvalue weighted by molar-refractivity contribution is 5.69. The van der Waals surface area contributed by atoms with Crippen molar-refractivity contribution in [2.75, 3.05) is 20.2 Å². The Labute approximate surface area is 101 Å². The van der Waals surface area contributed by atoms with E-state index in [0.717, 1.165) is 5.69 Å². The molecule has 1 rings (SSSR count). The van der Waals surface area contributed by atoms with Gasteiger partial charge in [-0.25, -0.2) is 0 Å². The maximum Gasteiger partial charge on any atom is 0.307 e. The number of hydrogen-bond acceptors (Lipinski definition) is 4. The second-order valence-electron chi connectivity index (χ2n) is 3.69. The summed E-state index contributed by atoms with van der Waals surface area (Å²) in [7, 11) is 1.81. The number of aromatic amines is 1. The Kier molecular flexibility index (Phi) is 5.24. The third-order valence-electron chi connectivity index (χ3n) is 2.45. The SMILES string of the molecule is CCOC(=O)CCN(C)C(C#N)c1ccc[nH]1. The number of H-pyrrole nitrogens is 1. The van der Waals surface area contributed by atoms with Crippen molar-refractivity contribution in [2.24, 2.45) is 0 Å². The quantitative estimate of drug-likeness (QED) is 0.758. The summed E-state index contributed by atoms with van der Waals surface area (Å²) in [4.78, 5) is 16.0. The lowest BCUT2D eigenvalue weighted by Crippen LogP contribution is -2.27. The summed E-state index contributed by atoms with van der Waals surface area (Å²) in [6.07, 6.45) is 2.07. The van der Waals surface area contributed by atoms with Crippen molar-refractivity contribution in [3.63, 3.8) is 0 Å². The van der Waals surface area contributed by atoms with Gasteiger partial charge in [-0.2, -0.15) is 5.26 Å². The van der Waals surface area contributed by atoms with Crippen LogP contribution >= 0.6 is 0 Å². The Morgan fingerprint density at radius 3 is 3.00 bits per heavy atom. The molecule has 1 aromatic rings. The predicted molar refractivity (Wildman–Crippen MR) is 63.0 cm³/mol. The molecule has 0 aliphatic carbocycles. The number of hydrogen-bond donors (Lipinski definition) is 1. The number of ether oxygens (including phenoxy) is 1. The van der Waals surface area contributed by atoms with Crippen LogP contribution < -0.4 is 0 Å². The molecule has 0 saturated carbocycles. The summed E-state index contributed by atoms with van der Waals surface area (Å²) in [6.45, 7) is 2.66. The molecule has 0 saturated heterocycles. The summed E-state index contributed by atoms with van der Waals surface area (Å²) in [6, 6.07) is 5.54. The van der Waals surface area contributed by atoms with Crippen molar-refractivity contribution in [3.8, 4) is 6.07 Å². The van der Waals surface area contributed by atoms with E-state index in [0.29, 0.717) is 19.6 Å². The van der Waals surface area contributed by atoms with Crippen molar-refractivity contribution in [3.05, 3.63) is 24.0 Å². The molecule has 0 bridgehead atoms. The van der Waals surface area contributed by atoms with Crippen molar-refractivity contribution in [2.45, 2.75) is 19.4 Å². The van der Waals surface area contributed by atoms with Gasteiger partial charge in [-0.3, -0.25) is 9.69 Å². The monoisotopic (exact) mass is 235 g/mol. The van der Waals surface area contributed by atoms with Gasteiger partial charge in [0.05, 0.1) is 19.1 Å². The van der Waals surface area contributed by atoms with E-state index in [9.17, 15) is 4.79 Å². The first kappa shape index (κ1) is 13.3. The lowest BCUT2D eigenvalue weighted by molar-refractivity contribution is -0.143. The van der Waals surface area contributed by atoms with Crippen molar-refractivity contribution in [1.82, 2.24) is 9.88 Å². The van der Waals surface area contributed by atoms with Crippen molar-refractivity contribution in [1.29, 1.82) is 5.26 Å². The van der Waals surface area contributed by atoms with Crippen LogP contribution in [0.1, 0.15) is 25.1 Å². The maximum atomic E-state index is 11.2. The highest BCUT2D eigenvalue weighted by Gasteiger charge is 2.17. The third-order valence-corrected chi connectivity index (χ3v) is 2.45. The van der Waals surface area contributed by atoms with E-state index in [1.807, 2.05) is 24.1 Å². The lowest BCUT2D eigenvalue weighted by atomic mass is 10.2. The van der Waals surface area contributed by atoms with Gasteiger partial charge < -0.3 is 9.72 Å². The van der Waals surface area contributed by atoms with E-state index < -0.39 is 0 Å². The molecule has 1 aromatic heterocycles. The zero-order valence-electron chi connectivity index (χ0n) is 10.1. The number of aromatic nitrogens is 1. The number of carbonyl (C=O) groups excluding carboxylic acids is 1. The highest BCUT2D eigenvalue weighted by atomic mass is 16.5. The molecule has 92 valence electrons. The Hall–Kier alpha value is -1.80. The average Bonchev–Trinajstić information content (AvgIpc) is 2.81. The van der Waals surface area contributed by atoms with Gasteiger partial charge in [0.2, 0.25) is 0 Å². The minimum atomic E-state index is -0.362. The molecule has 0 aliphatic heterocycles. The van der Waals surface area contributed by atoms with E-state index in [1.165, 1.54) is 0 Å². The van der Waals surface area contributed by atoms with Gasteiger partial charge in [0.15, 0.2) is 0 Å². The number of nitrogens with one attached hydrogen (secondary N) is 1. The van der Waals surface area contributed by atoms with E-state index >= 15 is 0 Å². The zero-order chi connectivity index (χ0) is 12.7. The first-order valence-electron chi connectivity index (χ1n) is 5.57. The number of nitrogens with zero attached hydrogens (tertiary/aromatic N) is 2. The van der Waals surface area contributed by atoms with Crippen molar-refractivity contribution < 1.29 is 9.53 Å². The van der Waals surface area contributed by atoms with Crippen LogP contribution in [0.4, 0.5) is 0 Å². The van der Waals surface area contributed by atoms with Gasteiger partial charge in [0.1, 0.15) is 6.04 Å². The molecular weight excluding hydrogens is 218 g/mol. The summed E-state index contributed by atoms with van der Waals surface area (Å²) in [5.74, 6) is -0.234. The first-order chi connectivity index (χ1) is 8.19. The normalized spacial score (nSPS) is 12.1. The Morgan fingerprint density at radius 1 is 1.71 bits per heavy atom. The molecule has 0 spiro atoms. The minimum Gasteiger partial charge on any atom is -0.466 e. The molecule has 0 fully saturated rings. The van der Waals surface area contributed by atoms with Gasteiger partial charge in [-0.05, 0) is 26.1 Å². The summed E-state index contributed by atoms with van der Waals surface area (Å²) >= 11 is 0. The molecule has 1 N–H and O–H groups in total. The van der Waals surface area contributed by atoms with Crippen LogP contribution in [0.5, 0.6) is 0 Å². The molecule has 0 radical (unpaired) electrons. The van der Waals surface area contributed by atoms with Crippen LogP contribution in [-0.2, 0) is 9.53 Å². The van der Waals surface area contributed by atoms with Crippen molar-refractivity contribution >= 4 is 5.97 Å². The lowest BCUT2D eigenvalue weighted by Gasteiger charge is -2.20. The van der Waals surface area contributed by atoms with Gasteiger partial charge in [0, 0.05) is 18.4 Å². The van der Waals surface area contributed by atoms with E-state index in [1.54, 1.807) is 13.1 Å². The van der Waals surface area contributed by atoms with Gasteiger partial charge in [-0.1, -0.05) is 0 Å². The molecular formula is C12H17N3O2. The average molecular weight is 235 g/mol. The fraction of sp³-hybridized carbons (Fsp3) is 0.500. The van der Waals surface area contributed by atoms with E-state index in [-0.39, 0.29) is 12.0 Å². The highest BCUT2D eigenvalue weighted by Crippen LogP contribution is 2.16. The summed E-state index contributed by atoms with van der Waals surface area (Å²) in [5, 5.41) is 9.11. The standard InChI is InChI=1S/C12H17N3O2/c1-3-17-12(16)6-8-15(2)11(9-13)10-5-4-7-14-10/h4-5,7,11,14H,3,6,8H2,1-2H3. The van der Waals surface area contributed by atoms with Gasteiger partial charge in [0.25, 0.3) is 0 Å². The molecule has 1 atom stereocenters. The molecule has 5 nitrogen and oxygen atoms in total. The number of esters is 1. The number of rotatable bonds is 6. The van der Waals surface area contributed by atoms with Crippen LogP contribution in [0.3, 0.4) is 0 Å². The fourth-order valence-corrected chi connectivity index (χ4v) is 1.55. The van der Waals surface area contributed by atoms with Gasteiger partial charge in [-0.15, -0.1) is 0 Å². The van der Waals surface area contributed by atoms with E-state index in [4.69, 9.17) is 10.00 Å². The molecule has 1 unspecified atom stereocenters. The molecule has 0 aromatic carbocycles. The Bertz CT molecular complexity index is 381. The second kappa shape index (κ2) is 6.71. The van der Waals surface area contributed by atoms with Crippen LogP contribution in [0.2, 0.25) is 0 Å². The second-order valence-corrected chi connectivity index (χ2v) is 3.69.